The van der Waals surface area contributed by atoms with E-state index in [0.717, 1.165) is 4.88 Å². The van der Waals surface area contributed by atoms with E-state index in [2.05, 4.69) is 15.5 Å². The van der Waals surface area contributed by atoms with Crippen LogP contribution in [0.1, 0.15) is 21.6 Å². The van der Waals surface area contributed by atoms with E-state index in [1.54, 1.807) is 26.0 Å². The average Bonchev–Trinajstić information content (AvgIpc) is 3.33. The fourth-order valence-electron chi connectivity index (χ4n) is 2.87. The molecule has 0 radical (unpaired) electrons. The smallest absolute Gasteiger partial charge is 0.271 e. The Morgan fingerprint density at radius 3 is 2.79 bits per heavy atom. The second-order valence-electron chi connectivity index (χ2n) is 6.19. The number of nitrogens with one attached hydrogen (secondary N) is 1. The molecule has 0 saturated carbocycles. The van der Waals surface area contributed by atoms with E-state index in [9.17, 15) is 14.9 Å². The maximum Gasteiger partial charge on any atom is 0.271 e. The highest BCUT2D eigenvalue weighted by Crippen LogP contribution is 2.30. The summed E-state index contributed by atoms with van der Waals surface area (Å²) in [7, 11) is 0. The third kappa shape index (κ3) is 3.12. The Balaban J connectivity index is 1.80. The SMILES string of the molecule is Cc1ccc([N+](=O)[O-])cc1NC(=O)c1cc(-c2cccs2)nc2onc(C)c12. The van der Waals surface area contributed by atoms with Gasteiger partial charge in [-0.05, 0) is 36.9 Å². The van der Waals surface area contributed by atoms with E-state index in [4.69, 9.17) is 4.52 Å². The minimum absolute atomic E-state index is 0.0961. The van der Waals surface area contributed by atoms with Crippen LogP contribution in [-0.2, 0) is 0 Å². The fraction of sp³-hybridized carbons (Fsp3) is 0.105. The van der Waals surface area contributed by atoms with Crippen molar-refractivity contribution in [1.82, 2.24) is 10.1 Å². The number of carbonyl (C=O) groups is 1. The van der Waals surface area contributed by atoms with Crippen molar-refractivity contribution in [2.75, 3.05) is 5.32 Å². The third-order valence-electron chi connectivity index (χ3n) is 4.32. The molecule has 4 aromatic rings. The molecular formula is C19H14N4O4S. The van der Waals surface area contributed by atoms with Crippen LogP contribution in [0.4, 0.5) is 11.4 Å². The number of aromatic nitrogens is 2. The molecule has 0 saturated heterocycles. The number of non-ortho nitro benzene ring substituents is 1. The molecule has 0 atom stereocenters. The number of carbonyl (C=O) groups excluding carboxylic acids is 1. The average molecular weight is 394 g/mol. The van der Waals surface area contributed by atoms with Gasteiger partial charge >= 0.3 is 0 Å². The highest BCUT2D eigenvalue weighted by atomic mass is 32.1. The van der Waals surface area contributed by atoms with Gasteiger partial charge in [0.25, 0.3) is 17.3 Å². The number of fused-ring (bicyclic) bond motifs is 1. The second-order valence-corrected chi connectivity index (χ2v) is 7.14. The molecule has 3 aromatic heterocycles. The van der Waals surface area contributed by atoms with Crippen LogP contribution in [0.15, 0.2) is 46.3 Å². The summed E-state index contributed by atoms with van der Waals surface area (Å²) in [5.74, 6) is -0.417. The minimum Gasteiger partial charge on any atom is -0.335 e. The maximum atomic E-state index is 13.1. The van der Waals surface area contributed by atoms with Gasteiger partial charge in [0, 0.05) is 12.1 Å². The van der Waals surface area contributed by atoms with Crippen molar-refractivity contribution in [1.29, 1.82) is 0 Å². The quantitative estimate of drug-likeness (QED) is 0.396. The number of pyridine rings is 1. The lowest BCUT2D eigenvalue weighted by molar-refractivity contribution is -0.384. The van der Waals surface area contributed by atoms with E-state index >= 15 is 0 Å². The molecule has 0 bridgehead atoms. The van der Waals surface area contributed by atoms with Crippen molar-refractivity contribution >= 4 is 39.7 Å². The fourth-order valence-corrected chi connectivity index (χ4v) is 3.56. The lowest BCUT2D eigenvalue weighted by Crippen LogP contribution is -2.14. The number of anilines is 1. The number of nitro benzene ring substituents is 1. The first kappa shape index (κ1) is 17.8. The molecule has 0 spiro atoms. The zero-order valence-electron chi connectivity index (χ0n) is 14.9. The Bertz CT molecular complexity index is 1210. The predicted molar refractivity (Wildman–Crippen MR) is 106 cm³/mol. The number of benzene rings is 1. The lowest BCUT2D eigenvalue weighted by Gasteiger charge is -2.10. The molecule has 1 N–H and O–H groups in total. The topological polar surface area (TPSA) is 111 Å². The molecule has 0 aliphatic rings. The largest absolute Gasteiger partial charge is 0.335 e. The number of rotatable bonds is 4. The van der Waals surface area contributed by atoms with Crippen molar-refractivity contribution in [3.63, 3.8) is 0 Å². The van der Waals surface area contributed by atoms with Crippen LogP contribution in [0.2, 0.25) is 0 Å². The van der Waals surface area contributed by atoms with Crippen LogP contribution in [0.5, 0.6) is 0 Å². The molecule has 0 fully saturated rings. The molecule has 9 heteroatoms. The van der Waals surface area contributed by atoms with Crippen LogP contribution in [0, 0.1) is 24.0 Å². The number of hydrogen-bond acceptors (Lipinski definition) is 7. The van der Waals surface area contributed by atoms with E-state index in [0.29, 0.717) is 33.6 Å². The van der Waals surface area contributed by atoms with Gasteiger partial charge in [-0.1, -0.05) is 17.3 Å². The maximum absolute atomic E-state index is 13.1. The summed E-state index contributed by atoms with van der Waals surface area (Å²) in [5.41, 5.74) is 2.74. The van der Waals surface area contributed by atoms with Gasteiger partial charge in [-0.15, -0.1) is 11.3 Å². The monoisotopic (exact) mass is 394 g/mol. The molecule has 140 valence electrons. The summed E-state index contributed by atoms with van der Waals surface area (Å²) in [6.07, 6.45) is 0. The summed E-state index contributed by atoms with van der Waals surface area (Å²) < 4.78 is 5.28. The van der Waals surface area contributed by atoms with Crippen LogP contribution in [-0.4, -0.2) is 21.0 Å². The van der Waals surface area contributed by atoms with Crippen LogP contribution >= 0.6 is 11.3 Å². The minimum atomic E-state index is -0.501. The lowest BCUT2D eigenvalue weighted by atomic mass is 10.1. The van der Waals surface area contributed by atoms with Gasteiger partial charge in [0.05, 0.1) is 37.8 Å². The molecule has 0 aliphatic carbocycles. The first-order chi connectivity index (χ1) is 13.4. The summed E-state index contributed by atoms with van der Waals surface area (Å²) in [5, 5.41) is 20.2. The van der Waals surface area contributed by atoms with Gasteiger partial charge in [0.1, 0.15) is 0 Å². The number of nitro groups is 1. The van der Waals surface area contributed by atoms with E-state index < -0.39 is 10.8 Å². The predicted octanol–water partition coefficient (Wildman–Crippen LogP) is 4.73. The standard InChI is InChI=1S/C19H14N4O4S/c1-10-5-6-12(23(25)26)8-14(10)20-18(24)13-9-15(16-4-3-7-28-16)21-19-17(13)11(2)22-27-19/h3-9H,1-2H3,(H,20,24). The summed E-state index contributed by atoms with van der Waals surface area (Å²) in [4.78, 5) is 28.9. The Morgan fingerprint density at radius 1 is 1.25 bits per heavy atom. The third-order valence-corrected chi connectivity index (χ3v) is 5.21. The number of amides is 1. The molecule has 4 rings (SSSR count). The molecule has 8 nitrogen and oxygen atoms in total. The number of hydrogen-bond donors (Lipinski definition) is 1. The summed E-state index contributed by atoms with van der Waals surface area (Å²) >= 11 is 1.49. The van der Waals surface area contributed by atoms with E-state index in [-0.39, 0.29) is 11.4 Å². The van der Waals surface area contributed by atoms with Crippen molar-refractivity contribution in [3.8, 4) is 10.6 Å². The molecule has 1 amide bonds. The van der Waals surface area contributed by atoms with Crippen LogP contribution < -0.4 is 5.32 Å². The van der Waals surface area contributed by atoms with E-state index in [1.807, 2.05) is 17.5 Å². The Labute approximate surface area is 163 Å². The zero-order valence-corrected chi connectivity index (χ0v) is 15.7. The summed E-state index contributed by atoms with van der Waals surface area (Å²) in [6.45, 7) is 3.50. The molecular weight excluding hydrogens is 380 g/mol. The van der Waals surface area contributed by atoms with E-state index in [1.165, 1.54) is 23.5 Å². The Kier molecular flexibility index (Phi) is 4.36. The van der Waals surface area contributed by atoms with Gasteiger partial charge in [-0.2, -0.15) is 0 Å². The van der Waals surface area contributed by atoms with Gasteiger partial charge in [0.2, 0.25) is 0 Å². The van der Waals surface area contributed by atoms with Crippen molar-refractivity contribution < 1.29 is 14.2 Å². The van der Waals surface area contributed by atoms with Crippen molar-refractivity contribution in [2.45, 2.75) is 13.8 Å². The van der Waals surface area contributed by atoms with Crippen molar-refractivity contribution in [2.24, 2.45) is 0 Å². The Morgan fingerprint density at radius 2 is 2.07 bits per heavy atom. The normalized spacial score (nSPS) is 10.9. The number of nitrogens with zero attached hydrogens (tertiary/aromatic N) is 3. The highest BCUT2D eigenvalue weighted by molar-refractivity contribution is 7.13. The molecule has 1 aromatic carbocycles. The number of aryl methyl sites for hydroxylation is 2. The van der Waals surface area contributed by atoms with Crippen LogP contribution in [0.25, 0.3) is 21.7 Å². The van der Waals surface area contributed by atoms with Crippen molar-refractivity contribution in [3.05, 3.63) is 68.7 Å². The van der Waals surface area contributed by atoms with Crippen LogP contribution in [0.3, 0.4) is 0 Å². The molecule has 0 unspecified atom stereocenters. The second kappa shape index (κ2) is 6.86. The van der Waals surface area contributed by atoms with Gasteiger partial charge < -0.3 is 9.84 Å². The Hall–Kier alpha value is -3.59. The number of thiophene rings is 1. The summed E-state index contributed by atoms with van der Waals surface area (Å²) in [6, 6.07) is 9.80. The molecule has 3 heterocycles. The van der Waals surface area contributed by atoms with Gasteiger partial charge in [-0.3, -0.25) is 14.9 Å². The first-order valence-electron chi connectivity index (χ1n) is 8.31. The zero-order chi connectivity index (χ0) is 19.8. The van der Waals surface area contributed by atoms with Gasteiger partial charge in [-0.25, -0.2) is 4.98 Å². The molecule has 28 heavy (non-hydrogen) atoms. The van der Waals surface area contributed by atoms with Gasteiger partial charge in [0.15, 0.2) is 0 Å². The highest BCUT2D eigenvalue weighted by Gasteiger charge is 2.21. The molecule has 0 aliphatic heterocycles. The first-order valence-corrected chi connectivity index (χ1v) is 9.19.